The quantitative estimate of drug-likeness (QED) is 0.562. The van der Waals surface area contributed by atoms with Gasteiger partial charge in [0.15, 0.2) is 10.6 Å². The fourth-order valence-corrected chi connectivity index (χ4v) is 3.24. The Hall–Kier alpha value is -1.82. The number of hydrogen-bond acceptors (Lipinski definition) is 3. The van der Waals surface area contributed by atoms with Gasteiger partial charge in [-0.25, -0.2) is 18.4 Å². The van der Waals surface area contributed by atoms with Gasteiger partial charge in [-0.05, 0) is 36.7 Å². The third kappa shape index (κ3) is 3.95. The van der Waals surface area contributed by atoms with Crippen LogP contribution in [0.15, 0.2) is 23.4 Å². The smallest absolute Gasteiger partial charge is 0.461 e. The fourth-order valence-electron chi connectivity index (χ4n) is 2.17. The summed E-state index contributed by atoms with van der Waals surface area (Å²) in [7, 11) is 0. The van der Waals surface area contributed by atoms with Crippen LogP contribution in [0.1, 0.15) is 17.0 Å². The predicted molar refractivity (Wildman–Crippen MR) is 78.1 cm³/mol. The van der Waals surface area contributed by atoms with Crippen molar-refractivity contribution in [3.05, 3.63) is 35.4 Å². The van der Waals surface area contributed by atoms with E-state index in [1.807, 2.05) is 0 Å². The molecule has 0 fully saturated rings. The molecule has 0 saturated heterocycles. The Morgan fingerprint density at radius 2 is 1.73 bits per heavy atom. The van der Waals surface area contributed by atoms with Gasteiger partial charge >= 0.3 is 12.1 Å². The largest absolute Gasteiger partial charge is 0.611 e. The molecule has 1 aromatic carbocycles. The van der Waals surface area contributed by atoms with Crippen molar-refractivity contribution in [3.8, 4) is 5.69 Å². The highest BCUT2D eigenvalue weighted by Gasteiger charge is 2.61. The van der Waals surface area contributed by atoms with Crippen LogP contribution in [0, 0.1) is 13.8 Å². The van der Waals surface area contributed by atoms with Crippen LogP contribution < -0.4 is 0 Å². The second-order valence-electron chi connectivity index (χ2n) is 5.39. The average molecular weight is 403 g/mol. The molecule has 0 bridgehead atoms. The van der Waals surface area contributed by atoms with Gasteiger partial charge in [-0.15, -0.1) is 5.10 Å². The van der Waals surface area contributed by atoms with Gasteiger partial charge < -0.3 is 4.55 Å². The van der Waals surface area contributed by atoms with E-state index in [-0.39, 0.29) is 10.6 Å². The lowest BCUT2D eigenvalue weighted by Gasteiger charge is -2.16. The maximum atomic E-state index is 13.3. The molecular weight excluding hydrogens is 391 g/mol. The summed E-state index contributed by atoms with van der Waals surface area (Å²) in [5.41, 5.74) is 0.809. The number of halogens is 7. The number of benzene rings is 1. The van der Waals surface area contributed by atoms with E-state index in [0.717, 1.165) is 6.07 Å². The van der Waals surface area contributed by atoms with Crippen molar-refractivity contribution in [1.82, 2.24) is 14.8 Å². The van der Waals surface area contributed by atoms with Crippen molar-refractivity contribution in [2.24, 2.45) is 0 Å². The molecule has 0 saturated carbocycles. The van der Waals surface area contributed by atoms with E-state index < -0.39 is 41.3 Å². The number of rotatable bonds is 5. The number of hydrogen-bond donors (Lipinski definition) is 0. The Morgan fingerprint density at radius 1 is 1.12 bits per heavy atom. The van der Waals surface area contributed by atoms with E-state index in [0.29, 0.717) is 22.1 Å². The molecule has 0 aliphatic heterocycles. The van der Waals surface area contributed by atoms with Gasteiger partial charge in [0.25, 0.3) is 6.43 Å². The molecule has 0 radical (unpaired) electrons. The average Bonchev–Trinajstić information content (AvgIpc) is 2.95. The lowest BCUT2D eigenvalue weighted by Crippen LogP contribution is -2.34. The van der Waals surface area contributed by atoms with Gasteiger partial charge in [-0.3, -0.25) is 0 Å². The van der Waals surface area contributed by atoms with Crippen LogP contribution in [0.25, 0.3) is 5.69 Å². The van der Waals surface area contributed by atoms with E-state index in [4.69, 9.17) is 0 Å². The van der Waals surface area contributed by atoms with Gasteiger partial charge in [-0.1, -0.05) is 0 Å². The SMILES string of the molecule is Cc1cc(C)c([S+]([O-])CC(F)F)cc1-n1cnc(C(F)(F)C(F)(F)F)n1. The molecule has 0 aliphatic rings. The van der Waals surface area contributed by atoms with Crippen molar-refractivity contribution < 1.29 is 35.3 Å². The van der Waals surface area contributed by atoms with Crippen LogP contribution in [-0.2, 0) is 17.1 Å². The first-order valence-corrected chi connectivity index (χ1v) is 8.31. The van der Waals surface area contributed by atoms with E-state index in [1.54, 1.807) is 0 Å². The number of aromatic nitrogens is 3. The Morgan fingerprint density at radius 3 is 2.27 bits per heavy atom. The summed E-state index contributed by atoms with van der Waals surface area (Å²) >= 11 is -2.08. The van der Waals surface area contributed by atoms with Gasteiger partial charge in [0, 0.05) is 11.6 Å². The summed E-state index contributed by atoms with van der Waals surface area (Å²) in [6.07, 6.45) is -8.05. The summed E-state index contributed by atoms with van der Waals surface area (Å²) in [6, 6.07) is 2.60. The van der Waals surface area contributed by atoms with Gasteiger partial charge in [0.05, 0.1) is 5.69 Å². The number of aryl methyl sites for hydroxylation is 2. The molecule has 2 rings (SSSR count). The van der Waals surface area contributed by atoms with Crippen molar-refractivity contribution in [1.29, 1.82) is 0 Å². The van der Waals surface area contributed by atoms with Crippen LogP contribution >= 0.6 is 0 Å². The third-order valence-corrected chi connectivity index (χ3v) is 4.88. The van der Waals surface area contributed by atoms with Crippen molar-refractivity contribution in [3.63, 3.8) is 0 Å². The van der Waals surface area contributed by atoms with Gasteiger partial charge in [0.1, 0.15) is 6.33 Å². The van der Waals surface area contributed by atoms with Crippen LogP contribution in [0.5, 0.6) is 0 Å². The standard InChI is InChI=1S/C14H12F7N3OS/c1-7-3-8(2)10(26(25)5-11(15)16)4-9(7)24-6-22-12(23-24)13(17,18)14(19,20)21/h3-4,6,11H,5H2,1-2H3. The molecule has 1 aromatic heterocycles. The molecule has 0 N–H and O–H groups in total. The number of alkyl halides is 7. The highest BCUT2D eigenvalue weighted by atomic mass is 32.2. The predicted octanol–water partition coefficient (Wildman–Crippen LogP) is 3.91. The second-order valence-corrected chi connectivity index (χ2v) is 6.86. The minimum Gasteiger partial charge on any atom is -0.611 e. The second kappa shape index (κ2) is 7.06. The lowest BCUT2D eigenvalue weighted by atomic mass is 10.1. The molecule has 0 amide bonds. The van der Waals surface area contributed by atoms with Crippen LogP contribution in [-0.4, -0.2) is 37.7 Å². The van der Waals surface area contributed by atoms with Crippen LogP contribution in [0.4, 0.5) is 30.7 Å². The maximum Gasteiger partial charge on any atom is 0.461 e. The normalized spacial score (nSPS) is 14.1. The lowest BCUT2D eigenvalue weighted by molar-refractivity contribution is -0.292. The molecule has 12 heteroatoms. The first kappa shape index (κ1) is 20.5. The summed E-state index contributed by atoms with van der Waals surface area (Å²) in [5, 5.41) is 3.16. The minimum atomic E-state index is -5.87. The van der Waals surface area contributed by atoms with Crippen LogP contribution in [0.2, 0.25) is 0 Å². The zero-order valence-corrected chi connectivity index (χ0v) is 14.1. The molecule has 26 heavy (non-hydrogen) atoms. The first-order valence-electron chi connectivity index (χ1n) is 6.99. The molecule has 4 nitrogen and oxygen atoms in total. The zero-order valence-electron chi connectivity index (χ0n) is 13.3. The monoisotopic (exact) mass is 403 g/mol. The van der Waals surface area contributed by atoms with E-state index >= 15 is 0 Å². The maximum absolute atomic E-state index is 13.3. The molecule has 2 aromatic rings. The van der Waals surface area contributed by atoms with Crippen molar-refractivity contribution in [2.45, 2.75) is 37.3 Å². The van der Waals surface area contributed by atoms with Gasteiger partial charge in [-0.2, -0.15) is 22.0 Å². The summed E-state index contributed by atoms with van der Waals surface area (Å²) < 4.78 is 101. The molecule has 1 atom stereocenters. The molecule has 0 spiro atoms. The summed E-state index contributed by atoms with van der Waals surface area (Å²) in [5.74, 6) is -7.93. The summed E-state index contributed by atoms with van der Waals surface area (Å²) in [4.78, 5) is 3.01. The Kier molecular flexibility index (Phi) is 5.57. The van der Waals surface area contributed by atoms with E-state index in [2.05, 4.69) is 10.1 Å². The Bertz CT molecular complexity index is 791. The van der Waals surface area contributed by atoms with Crippen molar-refractivity contribution in [2.75, 3.05) is 5.75 Å². The fraction of sp³-hybridized carbons (Fsp3) is 0.429. The summed E-state index contributed by atoms with van der Waals surface area (Å²) in [6.45, 7) is 3.02. The third-order valence-electron chi connectivity index (χ3n) is 3.39. The highest BCUT2D eigenvalue weighted by molar-refractivity contribution is 7.91. The van der Waals surface area contributed by atoms with E-state index in [1.165, 1.54) is 19.9 Å². The van der Waals surface area contributed by atoms with Crippen molar-refractivity contribution >= 4 is 11.2 Å². The molecule has 1 unspecified atom stereocenters. The first-order chi connectivity index (χ1) is 11.8. The molecular formula is C14H12F7N3OS. The number of nitrogens with zero attached hydrogens (tertiary/aromatic N) is 3. The Labute approximate surface area is 146 Å². The zero-order chi connectivity index (χ0) is 19.9. The van der Waals surface area contributed by atoms with Gasteiger partial charge in [0.2, 0.25) is 5.82 Å². The molecule has 1 heterocycles. The topological polar surface area (TPSA) is 53.8 Å². The molecule has 144 valence electrons. The Balaban J connectivity index is 2.47. The van der Waals surface area contributed by atoms with Crippen LogP contribution in [0.3, 0.4) is 0 Å². The van der Waals surface area contributed by atoms with E-state index in [9.17, 15) is 35.3 Å². The molecule has 0 aliphatic carbocycles. The minimum absolute atomic E-state index is 0.00457. The highest BCUT2D eigenvalue weighted by Crippen LogP contribution is 2.42.